The quantitative estimate of drug-likeness (QED) is 0.664. The van der Waals surface area contributed by atoms with E-state index in [1.165, 1.54) is 0 Å². The molecule has 25 heavy (non-hydrogen) atoms. The largest absolute Gasteiger partial charge is 0.370 e. The third-order valence-electron chi connectivity index (χ3n) is 5.20. The Morgan fingerprint density at radius 1 is 1.24 bits per heavy atom. The van der Waals surface area contributed by atoms with Crippen molar-refractivity contribution in [2.75, 3.05) is 32.7 Å². The fraction of sp³-hybridized carbons (Fsp3) is 0.833. The minimum atomic E-state index is -0.292. The Bertz CT molecular complexity index is 483. The van der Waals surface area contributed by atoms with Crippen LogP contribution in [0.2, 0.25) is 0 Å². The molecular formula is C18H32N4O3. The van der Waals surface area contributed by atoms with Crippen molar-refractivity contribution in [1.82, 2.24) is 15.1 Å². The number of nitrogens with one attached hydrogen (secondary N) is 1. The Balaban J connectivity index is 1.86. The van der Waals surface area contributed by atoms with Crippen molar-refractivity contribution in [2.45, 2.75) is 57.9 Å². The molecule has 0 aromatic heterocycles. The molecular weight excluding hydrogens is 320 g/mol. The highest BCUT2D eigenvalue weighted by Crippen LogP contribution is 2.22. The molecule has 2 fully saturated rings. The van der Waals surface area contributed by atoms with Gasteiger partial charge in [0.15, 0.2) is 0 Å². The number of primary amides is 1. The predicted molar refractivity (Wildman–Crippen MR) is 95.6 cm³/mol. The molecule has 2 heterocycles. The van der Waals surface area contributed by atoms with E-state index in [4.69, 9.17) is 5.73 Å². The molecule has 0 bridgehead atoms. The monoisotopic (exact) mass is 352 g/mol. The van der Waals surface area contributed by atoms with Crippen LogP contribution in [0.4, 0.5) is 0 Å². The van der Waals surface area contributed by atoms with Crippen LogP contribution in [0.15, 0.2) is 0 Å². The topological polar surface area (TPSA) is 95.7 Å². The van der Waals surface area contributed by atoms with Crippen molar-refractivity contribution in [3.63, 3.8) is 0 Å². The fourth-order valence-electron chi connectivity index (χ4n) is 3.87. The van der Waals surface area contributed by atoms with Crippen LogP contribution in [0.1, 0.15) is 51.9 Å². The number of nitrogens with zero attached hydrogens (tertiary/aromatic N) is 2. The van der Waals surface area contributed by atoms with E-state index in [0.29, 0.717) is 31.8 Å². The predicted octanol–water partition coefficient (Wildman–Crippen LogP) is 0.481. The van der Waals surface area contributed by atoms with E-state index in [9.17, 15) is 14.4 Å². The Morgan fingerprint density at radius 2 is 2.04 bits per heavy atom. The lowest BCUT2D eigenvalue weighted by atomic mass is 9.98. The van der Waals surface area contributed by atoms with Gasteiger partial charge in [0.25, 0.3) is 0 Å². The molecule has 0 spiro atoms. The molecule has 0 saturated carbocycles. The minimum absolute atomic E-state index is 0.0712. The van der Waals surface area contributed by atoms with Gasteiger partial charge in [-0.25, -0.2) is 0 Å². The number of carbonyl (C=O) groups excluding carboxylic acids is 3. The Hall–Kier alpha value is -1.63. The summed E-state index contributed by atoms with van der Waals surface area (Å²) in [5, 5.41) is 3.13. The van der Waals surface area contributed by atoms with Gasteiger partial charge in [-0.1, -0.05) is 19.8 Å². The summed E-state index contributed by atoms with van der Waals surface area (Å²) >= 11 is 0. The summed E-state index contributed by atoms with van der Waals surface area (Å²) in [5.74, 6) is 0.117. The van der Waals surface area contributed by atoms with E-state index in [1.807, 2.05) is 0 Å². The van der Waals surface area contributed by atoms with Gasteiger partial charge >= 0.3 is 0 Å². The van der Waals surface area contributed by atoms with Gasteiger partial charge in [0.05, 0.1) is 6.54 Å². The van der Waals surface area contributed by atoms with Crippen LogP contribution in [0.5, 0.6) is 0 Å². The van der Waals surface area contributed by atoms with Crippen molar-refractivity contribution in [3.8, 4) is 0 Å². The molecule has 2 atom stereocenters. The number of amides is 3. The van der Waals surface area contributed by atoms with Crippen LogP contribution in [-0.4, -0.2) is 66.3 Å². The molecule has 7 heteroatoms. The maximum Gasteiger partial charge on any atom is 0.239 e. The zero-order chi connectivity index (χ0) is 18.2. The number of rotatable bonds is 8. The van der Waals surface area contributed by atoms with Gasteiger partial charge in [0.1, 0.15) is 0 Å². The SMILES string of the molecule is CCC[C@@H]1CN(CCC(N)=O)C[C@H]1NC(=O)CN1CCCCCC1=O. The molecule has 2 rings (SSSR count). The molecule has 0 aromatic rings. The summed E-state index contributed by atoms with van der Waals surface area (Å²) in [6.45, 7) is 5.26. The van der Waals surface area contributed by atoms with Crippen LogP contribution in [0.25, 0.3) is 0 Å². The summed E-state index contributed by atoms with van der Waals surface area (Å²) in [4.78, 5) is 39.4. The smallest absolute Gasteiger partial charge is 0.239 e. The van der Waals surface area contributed by atoms with Crippen molar-refractivity contribution < 1.29 is 14.4 Å². The highest BCUT2D eigenvalue weighted by Gasteiger charge is 2.33. The van der Waals surface area contributed by atoms with E-state index in [1.54, 1.807) is 4.90 Å². The highest BCUT2D eigenvalue weighted by molar-refractivity contribution is 5.85. The fourth-order valence-corrected chi connectivity index (χ4v) is 3.87. The number of carbonyl (C=O) groups is 3. The molecule has 2 aliphatic rings. The standard InChI is InChI=1S/C18H32N4O3/c1-2-6-14-11-21(10-8-16(19)23)12-15(14)20-17(24)13-22-9-5-3-4-7-18(22)25/h14-15H,2-13H2,1H3,(H2,19,23)(H,20,24)/t14-,15-/m1/s1. The normalized spacial score (nSPS) is 25.0. The summed E-state index contributed by atoms with van der Waals surface area (Å²) in [6.07, 6.45) is 5.96. The van der Waals surface area contributed by atoms with Crippen molar-refractivity contribution in [3.05, 3.63) is 0 Å². The zero-order valence-corrected chi connectivity index (χ0v) is 15.3. The van der Waals surface area contributed by atoms with Gasteiger partial charge in [0, 0.05) is 45.1 Å². The minimum Gasteiger partial charge on any atom is -0.370 e. The van der Waals surface area contributed by atoms with Gasteiger partial charge in [-0.05, 0) is 25.2 Å². The average Bonchev–Trinajstić information content (AvgIpc) is 2.81. The molecule has 3 amide bonds. The summed E-state index contributed by atoms with van der Waals surface area (Å²) in [5.41, 5.74) is 5.24. The third-order valence-corrected chi connectivity index (χ3v) is 5.20. The Kier molecular flexibility index (Phi) is 7.68. The van der Waals surface area contributed by atoms with Crippen molar-refractivity contribution in [2.24, 2.45) is 11.7 Å². The van der Waals surface area contributed by atoms with E-state index in [-0.39, 0.29) is 30.3 Å². The molecule has 0 aromatic carbocycles. The van der Waals surface area contributed by atoms with Crippen LogP contribution < -0.4 is 11.1 Å². The lowest BCUT2D eigenvalue weighted by molar-refractivity contribution is -0.135. The second-order valence-corrected chi connectivity index (χ2v) is 7.32. The Morgan fingerprint density at radius 3 is 2.76 bits per heavy atom. The first-order valence-corrected chi connectivity index (χ1v) is 9.57. The van der Waals surface area contributed by atoms with Crippen LogP contribution in [0, 0.1) is 5.92 Å². The molecule has 142 valence electrons. The summed E-state index contributed by atoms with van der Waals surface area (Å²) in [7, 11) is 0. The molecule has 0 radical (unpaired) electrons. The molecule has 7 nitrogen and oxygen atoms in total. The first-order chi connectivity index (χ1) is 12.0. The van der Waals surface area contributed by atoms with E-state index in [0.717, 1.165) is 45.2 Å². The zero-order valence-electron chi connectivity index (χ0n) is 15.3. The van der Waals surface area contributed by atoms with E-state index >= 15 is 0 Å². The lowest BCUT2D eigenvalue weighted by Crippen LogP contribution is -2.46. The van der Waals surface area contributed by atoms with Gasteiger partial charge < -0.3 is 20.9 Å². The average molecular weight is 352 g/mol. The molecule has 0 aliphatic carbocycles. The first kappa shape index (κ1) is 19.7. The summed E-state index contributed by atoms with van der Waals surface area (Å²) < 4.78 is 0. The maximum absolute atomic E-state index is 12.4. The molecule has 3 N–H and O–H groups in total. The molecule has 0 unspecified atom stereocenters. The Labute approximate surface area is 150 Å². The van der Waals surface area contributed by atoms with Gasteiger partial charge in [-0.2, -0.15) is 0 Å². The van der Waals surface area contributed by atoms with Crippen LogP contribution in [0.3, 0.4) is 0 Å². The lowest BCUT2D eigenvalue weighted by Gasteiger charge is -2.23. The number of likely N-dealkylation sites (tertiary alicyclic amines) is 2. The second kappa shape index (κ2) is 9.75. The van der Waals surface area contributed by atoms with Crippen molar-refractivity contribution >= 4 is 17.7 Å². The van der Waals surface area contributed by atoms with Gasteiger partial charge in [-0.3, -0.25) is 14.4 Å². The van der Waals surface area contributed by atoms with E-state index in [2.05, 4.69) is 17.1 Å². The second-order valence-electron chi connectivity index (χ2n) is 7.32. The third kappa shape index (κ3) is 6.30. The van der Waals surface area contributed by atoms with Crippen molar-refractivity contribution in [1.29, 1.82) is 0 Å². The number of hydrogen-bond acceptors (Lipinski definition) is 4. The first-order valence-electron chi connectivity index (χ1n) is 9.57. The number of nitrogens with two attached hydrogens (primary N) is 1. The molecule has 2 saturated heterocycles. The molecule has 2 aliphatic heterocycles. The van der Waals surface area contributed by atoms with E-state index < -0.39 is 0 Å². The maximum atomic E-state index is 12.4. The van der Waals surface area contributed by atoms with Crippen LogP contribution >= 0.6 is 0 Å². The van der Waals surface area contributed by atoms with Crippen LogP contribution in [-0.2, 0) is 14.4 Å². The highest BCUT2D eigenvalue weighted by atomic mass is 16.2. The van der Waals surface area contributed by atoms with Gasteiger partial charge in [0.2, 0.25) is 17.7 Å². The van der Waals surface area contributed by atoms with Gasteiger partial charge in [-0.15, -0.1) is 0 Å². The number of hydrogen-bond donors (Lipinski definition) is 2. The summed E-state index contributed by atoms with van der Waals surface area (Å²) in [6, 6.07) is 0.0856.